The molecule has 0 unspecified atom stereocenters. The van der Waals surface area contributed by atoms with Gasteiger partial charge in [0, 0.05) is 20.1 Å². The van der Waals surface area contributed by atoms with Gasteiger partial charge in [0.15, 0.2) is 0 Å². The molecule has 9 heteroatoms. The minimum Gasteiger partial charge on any atom is -0.494 e. The summed E-state index contributed by atoms with van der Waals surface area (Å²) >= 11 is 11.0. The van der Waals surface area contributed by atoms with Gasteiger partial charge in [-0.1, -0.05) is 45.7 Å². The number of ether oxygens (including phenoxy) is 1. The number of hydrazone groups is 1. The van der Waals surface area contributed by atoms with Gasteiger partial charge in [-0.15, -0.1) is 11.3 Å². The Kier molecular flexibility index (Phi) is 7.24. The lowest BCUT2D eigenvalue weighted by molar-refractivity contribution is -0.120. The van der Waals surface area contributed by atoms with Crippen LogP contribution >= 0.6 is 38.9 Å². The molecule has 3 rings (SSSR count). The van der Waals surface area contributed by atoms with Crippen molar-refractivity contribution in [3.63, 3.8) is 0 Å². The molecule has 2 aromatic carbocycles. The molecule has 0 spiro atoms. The van der Waals surface area contributed by atoms with Crippen molar-refractivity contribution in [1.29, 1.82) is 0 Å². The lowest BCUT2D eigenvalue weighted by Gasteiger charge is -2.05. The van der Waals surface area contributed by atoms with Crippen LogP contribution in [0.4, 0.5) is 0 Å². The Morgan fingerprint density at radius 3 is 2.83 bits per heavy atom. The molecule has 0 saturated heterocycles. The number of halogens is 2. The van der Waals surface area contributed by atoms with Crippen LogP contribution in [0, 0.1) is 0 Å². The van der Waals surface area contributed by atoms with E-state index >= 15 is 0 Å². The minimum atomic E-state index is -0.455. The molecule has 150 valence electrons. The normalized spacial score (nSPS) is 11.0. The predicted octanol–water partition coefficient (Wildman–Crippen LogP) is 4.60. The maximum atomic E-state index is 12.4. The van der Waals surface area contributed by atoms with Crippen LogP contribution in [-0.4, -0.2) is 31.2 Å². The van der Waals surface area contributed by atoms with E-state index in [4.69, 9.17) is 16.3 Å². The number of nitrogens with zero attached hydrogens (tertiary/aromatic N) is 1. The number of benzene rings is 2. The lowest BCUT2D eigenvalue weighted by Crippen LogP contribution is -2.34. The molecule has 0 saturated carbocycles. The Bertz CT molecular complexity index is 1080. The highest BCUT2D eigenvalue weighted by Crippen LogP contribution is 2.34. The number of hydrogen-bond acceptors (Lipinski definition) is 5. The number of fused-ring (bicyclic) bond motifs is 1. The molecule has 0 aliphatic heterocycles. The number of nitrogens with one attached hydrogen (secondary N) is 2. The van der Waals surface area contributed by atoms with Gasteiger partial charge in [0.2, 0.25) is 0 Å². The molecule has 0 fully saturated rings. The molecule has 0 bridgehead atoms. The highest BCUT2D eigenvalue weighted by atomic mass is 79.9. The van der Waals surface area contributed by atoms with Crippen molar-refractivity contribution in [2.75, 3.05) is 13.2 Å². The number of thiophene rings is 1. The van der Waals surface area contributed by atoms with E-state index in [1.54, 1.807) is 6.07 Å². The summed E-state index contributed by atoms with van der Waals surface area (Å²) in [7, 11) is 0. The molecule has 29 heavy (non-hydrogen) atoms. The summed E-state index contributed by atoms with van der Waals surface area (Å²) in [6.45, 7) is 2.23. The molecule has 2 amide bonds. The lowest BCUT2D eigenvalue weighted by atomic mass is 10.2. The third kappa shape index (κ3) is 5.35. The molecule has 0 radical (unpaired) electrons. The number of amides is 2. The third-order valence-electron chi connectivity index (χ3n) is 3.82. The Morgan fingerprint density at radius 2 is 2.07 bits per heavy atom. The van der Waals surface area contributed by atoms with Crippen molar-refractivity contribution in [3.8, 4) is 5.75 Å². The van der Waals surface area contributed by atoms with Crippen LogP contribution in [0.3, 0.4) is 0 Å². The molecule has 0 aliphatic carbocycles. The van der Waals surface area contributed by atoms with Gasteiger partial charge in [-0.25, -0.2) is 5.43 Å². The van der Waals surface area contributed by atoms with E-state index in [1.165, 1.54) is 17.6 Å². The van der Waals surface area contributed by atoms with Crippen molar-refractivity contribution < 1.29 is 14.3 Å². The summed E-state index contributed by atoms with van der Waals surface area (Å²) in [6.07, 6.45) is 1.50. The summed E-state index contributed by atoms with van der Waals surface area (Å²) in [5.41, 5.74) is 3.13. The molecule has 1 aromatic heterocycles. The number of carbonyl (C=O) groups excluding carboxylic acids is 2. The summed E-state index contributed by atoms with van der Waals surface area (Å²) in [5.74, 6) is -0.151. The van der Waals surface area contributed by atoms with E-state index in [0.717, 1.165) is 20.1 Å². The number of rotatable bonds is 7. The second-order valence-electron chi connectivity index (χ2n) is 5.83. The van der Waals surface area contributed by atoms with E-state index in [2.05, 4.69) is 31.8 Å². The van der Waals surface area contributed by atoms with E-state index < -0.39 is 11.8 Å². The van der Waals surface area contributed by atoms with Gasteiger partial charge in [0.1, 0.15) is 10.6 Å². The van der Waals surface area contributed by atoms with Gasteiger partial charge < -0.3 is 10.1 Å². The first-order valence-corrected chi connectivity index (χ1v) is 10.7. The topological polar surface area (TPSA) is 79.8 Å². The zero-order chi connectivity index (χ0) is 20.8. The fourth-order valence-electron chi connectivity index (χ4n) is 2.49. The Labute approximate surface area is 185 Å². The van der Waals surface area contributed by atoms with Gasteiger partial charge in [0.25, 0.3) is 11.8 Å². The van der Waals surface area contributed by atoms with Crippen molar-refractivity contribution in [2.45, 2.75) is 6.92 Å². The highest BCUT2D eigenvalue weighted by Gasteiger charge is 2.17. The molecule has 0 aliphatic rings. The fourth-order valence-corrected chi connectivity index (χ4v) is 4.27. The van der Waals surface area contributed by atoms with Crippen LogP contribution in [0.5, 0.6) is 5.75 Å². The maximum absolute atomic E-state index is 12.4. The van der Waals surface area contributed by atoms with Crippen molar-refractivity contribution in [1.82, 2.24) is 10.7 Å². The molecule has 0 atom stereocenters. The smallest absolute Gasteiger partial charge is 0.263 e. The highest BCUT2D eigenvalue weighted by molar-refractivity contribution is 9.10. The molecule has 1 heterocycles. The van der Waals surface area contributed by atoms with E-state index in [-0.39, 0.29) is 6.54 Å². The van der Waals surface area contributed by atoms with Crippen molar-refractivity contribution in [3.05, 3.63) is 62.4 Å². The largest absolute Gasteiger partial charge is 0.494 e. The Morgan fingerprint density at radius 1 is 1.28 bits per heavy atom. The summed E-state index contributed by atoms with van der Waals surface area (Å²) in [4.78, 5) is 24.7. The Hall–Kier alpha value is -2.42. The standard InChI is InChI=1S/C20H17BrClN3O3S/c1-2-28-13-7-8-15(21)12(9-13)10-24-25-17(26)11-23-20(27)19-18(22)14-5-3-4-6-16(14)29-19/h3-10H,2,11H2,1H3,(H,23,27)(H,25,26)/b24-10+. The van der Waals surface area contributed by atoms with Gasteiger partial charge in [-0.3, -0.25) is 9.59 Å². The van der Waals surface area contributed by atoms with E-state index in [0.29, 0.717) is 22.3 Å². The third-order valence-corrected chi connectivity index (χ3v) is 6.22. The summed E-state index contributed by atoms with van der Waals surface area (Å²) < 4.78 is 7.17. The zero-order valence-corrected chi connectivity index (χ0v) is 18.5. The van der Waals surface area contributed by atoms with Gasteiger partial charge in [0.05, 0.1) is 24.4 Å². The SMILES string of the molecule is CCOc1ccc(Br)c(/C=N/NC(=O)CNC(=O)c2sc3ccccc3c2Cl)c1. The van der Waals surface area contributed by atoms with Gasteiger partial charge in [-0.2, -0.15) is 5.10 Å². The first-order valence-electron chi connectivity index (χ1n) is 8.69. The second kappa shape index (κ2) is 9.87. The van der Waals surface area contributed by atoms with E-state index in [1.807, 2.05) is 43.3 Å². The quantitative estimate of drug-likeness (QED) is 0.372. The first-order chi connectivity index (χ1) is 14.0. The van der Waals surface area contributed by atoms with Crippen LogP contribution in [0.2, 0.25) is 5.02 Å². The molecule has 6 nitrogen and oxygen atoms in total. The summed E-state index contributed by atoms with van der Waals surface area (Å²) in [6, 6.07) is 12.9. The van der Waals surface area contributed by atoms with Gasteiger partial charge in [-0.05, 0) is 31.2 Å². The maximum Gasteiger partial charge on any atom is 0.263 e. The molecule has 3 aromatic rings. The fraction of sp³-hybridized carbons (Fsp3) is 0.150. The average Bonchev–Trinajstić information content (AvgIpc) is 3.06. The average molecular weight is 495 g/mol. The first kappa shape index (κ1) is 21.3. The van der Waals surface area contributed by atoms with Crippen LogP contribution in [-0.2, 0) is 4.79 Å². The number of carbonyl (C=O) groups is 2. The summed E-state index contributed by atoms with van der Waals surface area (Å²) in [5, 5.41) is 7.69. The van der Waals surface area contributed by atoms with Crippen LogP contribution in [0.25, 0.3) is 10.1 Å². The number of hydrogen-bond donors (Lipinski definition) is 2. The minimum absolute atomic E-state index is 0.221. The Balaban J connectivity index is 1.56. The monoisotopic (exact) mass is 493 g/mol. The van der Waals surface area contributed by atoms with Crippen LogP contribution in [0.1, 0.15) is 22.2 Å². The second-order valence-corrected chi connectivity index (χ2v) is 8.12. The van der Waals surface area contributed by atoms with Crippen LogP contribution in [0.15, 0.2) is 52.0 Å². The van der Waals surface area contributed by atoms with Gasteiger partial charge >= 0.3 is 0 Å². The van der Waals surface area contributed by atoms with E-state index in [9.17, 15) is 9.59 Å². The molecular weight excluding hydrogens is 478 g/mol. The van der Waals surface area contributed by atoms with Crippen molar-refractivity contribution in [2.24, 2.45) is 5.10 Å². The predicted molar refractivity (Wildman–Crippen MR) is 120 cm³/mol. The van der Waals surface area contributed by atoms with Crippen LogP contribution < -0.4 is 15.5 Å². The zero-order valence-electron chi connectivity index (χ0n) is 15.4. The molecular formula is C20H17BrClN3O3S. The molecule has 2 N–H and O–H groups in total. The van der Waals surface area contributed by atoms with Crippen molar-refractivity contribution >= 4 is 67.0 Å².